The first-order valence-corrected chi connectivity index (χ1v) is 12.8. The summed E-state index contributed by atoms with van der Waals surface area (Å²) >= 11 is 7.83. The molecule has 2 amide bonds. The van der Waals surface area contributed by atoms with Gasteiger partial charge in [0.25, 0.3) is 0 Å². The molecule has 0 spiro atoms. The number of hydrazone groups is 1. The molecule has 0 aliphatic carbocycles. The van der Waals surface area contributed by atoms with Crippen molar-refractivity contribution >= 4 is 40.8 Å². The van der Waals surface area contributed by atoms with Gasteiger partial charge >= 0.3 is 12.4 Å². The largest absolute Gasteiger partial charge is 0.573 e. The number of amides is 2. The van der Waals surface area contributed by atoms with Crippen LogP contribution in [0.3, 0.4) is 0 Å². The molecule has 3 aromatic rings. The quantitative estimate of drug-likeness (QED) is 0.350. The van der Waals surface area contributed by atoms with Crippen LogP contribution < -0.4 is 10.1 Å². The zero-order valence-corrected chi connectivity index (χ0v) is 20.8. The molecule has 0 aromatic heterocycles. The van der Waals surface area contributed by atoms with Crippen molar-refractivity contribution in [2.45, 2.75) is 18.2 Å². The average molecular weight is 534 g/mol. The monoisotopic (exact) mass is 533 g/mol. The Morgan fingerprint density at radius 3 is 2.36 bits per heavy atom. The third-order valence-corrected chi connectivity index (χ3v) is 6.71. The fraction of sp³-hybridized carbons (Fsp3) is 0.231. The number of hydrogen-bond donors (Lipinski definition) is 1. The summed E-state index contributed by atoms with van der Waals surface area (Å²) in [5.41, 5.74) is 2.41. The molecule has 10 heteroatoms. The van der Waals surface area contributed by atoms with Crippen molar-refractivity contribution in [3.05, 3.63) is 95.0 Å². The fourth-order valence-electron chi connectivity index (χ4n) is 4.17. The zero-order chi connectivity index (χ0) is 25.8. The van der Waals surface area contributed by atoms with E-state index in [1.165, 1.54) is 17.1 Å². The predicted octanol–water partition coefficient (Wildman–Crippen LogP) is 7.18. The van der Waals surface area contributed by atoms with E-state index in [2.05, 4.69) is 10.1 Å². The van der Waals surface area contributed by atoms with Crippen LogP contribution in [-0.4, -0.2) is 41.7 Å². The molecule has 5 nitrogen and oxygen atoms in total. The molecule has 1 aliphatic rings. The summed E-state index contributed by atoms with van der Waals surface area (Å²) < 4.78 is 41.2. The van der Waals surface area contributed by atoms with Crippen molar-refractivity contribution in [3.8, 4) is 5.75 Å². The topological polar surface area (TPSA) is 53.9 Å². The van der Waals surface area contributed by atoms with Crippen LogP contribution in [0.2, 0.25) is 5.02 Å². The lowest BCUT2D eigenvalue weighted by Gasteiger charge is -2.31. The molecule has 4 rings (SSSR count). The lowest BCUT2D eigenvalue weighted by atomic mass is 9.72. The standard InChI is InChI=1S/C26H23ClF3N3O2S/c1-36-16-15-25(19-5-3-2-4-6-19)17-33(32-23(25)18-7-9-20(27)10-8-18)24(34)31-21-11-13-22(14-12-21)35-26(28,29)30/h2-14H,15-17H2,1H3,(H,31,34). The van der Waals surface area contributed by atoms with Crippen LogP contribution in [0.15, 0.2) is 84.0 Å². The van der Waals surface area contributed by atoms with Crippen LogP contribution in [0, 0.1) is 0 Å². The Morgan fingerprint density at radius 1 is 1.08 bits per heavy atom. The third kappa shape index (κ3) is 5.96. The van der Waals surface area contributed by atoms with Crippen LogP contribution in [0.25, 0.3) is 0 Å². The summed E-state index contributed by atoms with van der Waals surface area (Å²) in [4.78, 5) is 13.2. The van der Waals surface area contributed by atoms with Gasteiger partial charge in [-0.1, -0.05) is 54.1 Å². The maximum absolute atomic E-state index is 13.2. The van der Waals surface area contributed by atoms with E-state index < -0.39 is 17.8 Å². The number of nitrogens with one attached hydrogen (secondary N) is 1. The molecule has 0 saturated carbocycles. The van der Waals surface area contributed by atoms with E-state index in [0.29, 0.717) is 17.3 Å². The summed E-state index contributed by atoms with van der Waals surface area (Å²) in [6, 6.07) is 21.8. The van der Waals surface area contributed by atoms with Crippen molar-refractivity contribution in [1.29, 1.82) is 0 Å². The fourth-order valence-corrected chi connectivity index (χ4v) is 4.85. The Labute approximate surface area is 216 Å². The predicted molar refractivity (Wildman–Crippen MR) is 138 cm³/mol. The smallest absolute Gasteiger partial charge is 0.406 e. The molecule has 0 fully saturated rings. The molecule has 1 heterocycles. The second-order valence-electron chi connectivity index (χ2n) is 8.21. The van der Waals surface area contributed by atoms with Crippen LogP contribution in [0.1, 0.15) is 17.5 Å². The SMILES string of the molecule is CSCCC1(c2ccccc2)CN(C(=O)Nc2ccc(OC(F)(F)F)cc2)N=C1c1ccc(Cl)cc1. The molecule has 1 N–H and O–H groups in total. The number of urea groups is 1. The summed E-state index contributed by atoms with van der Waals surface area (Å²) in [5, 5.41) is 9.43. The Bertz CT molecular complexity index is 1220. The van der Waals surface area contributed by atoms with E-state index in [9.17, 15) is 18.0 Å². The first-order chi connectivity index (χ1) is 17.2. The molecular formula is C26H23ClF3N3O2S. The molecular weight excluding hydrogens is 511 g/mol. The summed E-state index contributed by atoms with van der Waals surface area (Å²) in [6.07, 6.45) is -2.01. The lowest BCUT2D eigenvalue weighted by Crippen LogP contribution is -2.41. The minimum Gasteiger partial charge on any atom is -0.406 e. The number of anilines is 1. The number of alkyl halides is 3. The average Bonchev–Trinajstić information content (AvgIpc) is 3.25. The van der Waals surface area contributed by atoms with Gasteiger partial charge < -0.3 is 10.1 Å². The van der Waals surface area contributed by atoms with Crippen LogP contribution in [0.5, 0.6) is 5.75 Å². The highest BCUT2D eigenvalue weighted by Crippen LogP contribution is 2.39. The Balaban J connectivity index is 1.65. The van der Waals surface area contributed by atoms with E-state index in [1.807, 2.05) is 48.7 Å². The van der Waals surface area contributed by atoms with Gasteiger partial charge in [-0.2, -0.15) is 16.9 Å². The molecule has 0 saturated heterocycles. The maximum atomic E-state index is 13.2. The third-order valence-electron chi connectivity index (χ3n) is 5.84. The van der Waals surface area contributed by atoms with Gasteiger partial charge in [0.15, 0.2) is 0 Å². The van der Waals surface area contributed by atoms with Gasteiger partial charge in [-0.25, -0.2) is 9.80 Å². The van der Waals surface area contributed by atoms with Gasteiger partial charge in [0.1, 0.15) is 5.75 Å². The van der Waals surface area contributed by atoms with Crippen molar-refractivity contribution in [2.24, 2.45) is 5.10 Å². The van der Waals surface area contributed by atoms with E-state index in [4.69, 9.17) is 16.7 Å². The number of hydrogen-bond acceptors (Lipinski definition) is 4. The minimum atomic E-state index is -4.79. The number of benzene rings is 3. The van der Waals surface area contributed by atoms with Crippen molar-refractivity contribution in [1.82, 2.24) is 5.01 Å². The van der Waals surface area contributed by atoms with Crippen LogP contribution in [0.4, 0.5) is 23.7 Å². The lowest BCUT2D eigenvalue weighted by molar-refractivity contribution is -0.274. The maximum Gasteiger partial charge on any atom is 0.573 e. The molecule has 0 bridgehead atoms. The van der Waals surface area contributed by atoms with Gasteiger partial charge in [0.2, 0.25) is 0 Å². The number of rotatable bonds is 7. The molecule has 188 valence electrons. The minimum absolute atomic E-state index is 0.302. The highest BCUT2D eigenvalue weighted by Gasteiger charge is 2.46. The number of thioether (sulfide) groups is 1. The summed E-state index contributed by atoms with van der Waals surface area (Å²) in [6.45, 7) is 0.302. The first kappa shape index (κ1) is 25.9. The van der Waals surface area contributed by atoms with E-state index >= 15 is 0 Å². The van der Waals surface area contributed by atoms with Crippen molar-refractivity contribution in [3.63, 3.8) is 0 Å². The van der Waals surface area contributed by atoms with Crippen molar-refractivity contribution in [2.75, 3.05) is 23.9 Å². The molecule has 36 heavy (non-hydrogen) atoms. The number of carbonyl (C=O) groups excluding carboxylic acids is 1. The van der Waals surface area contributed by atoms with Gasteiger partial charge in [-0.05, 0) is 66.0 Å². The number of carbonyl (C=O) groups is 1. The van der Waals surface area contributed by atoms with Gasteiger partial charge in [-0.3, -0.25) is 0 Å². The number of halogens is 4. The van der Waals surface area contributed by atoms with Crippen molar-refractivity contribution < 1.29 is 22.7 Å². The highest BCUT2D eigenvalue weighted by molar-refractivity contribution is 7.98. The Kier molecular flexibility index (Phi) is 7.80. The van der Waals surface area contributed by atoms with E-state index in [-0.39, 0.29) is 5.75 Å². The Hall–Kier alpha value is -3.17. The van der Waals surface area contributed by atoms with Gasteiger partial charge in [0.05, 0.1) is 17.7 Å². The molecule has 1 unspecified atom stereocenters. The van der Waals surface area contributed by atoms with Gasteiger partial charge in [0, 0.05) is 10.7 Å². The zero-order valence-electron chi connectivity index (χ0n) is 19.3. The summed E-state index contributed by atoms with van der Waals surface area (Å²) in [7, 11) is 0. The summed E-state index contributed by atoms with van der Waals surface area (Å²) in [5.74, 6) is 0.474. The number of ether oxygens (including phenoxy) is 1. The second kappa shape index (κ2) is 10.8. The number of nitrogens with zero attached hydrogens (tertiary/aromatic N) is 2. The van der Waals surface area contributed by atoms with E-state index in [1.54, 1.807) is 23.9 Å². The second-order valence-corrected chi connectivity index (χ2v) is 9.63. The molecule has 3 aromatic carbocycles. The van der Waals surface area contributed by atoms with Crippen LogP contribution in [-0.2, 0) is 5.41 Å². The van der Waals surface area contributed by atoms with E-state index in [0.717, 1.165) is 41.1 Å². The van der Waals surface area contributed by atoms with Crippen LogP contribution >= 0.6 is 23.4 Å². The highest BCUT2D eigenvalue weighted by atomic mass is 35.5. The first-order valence-electron chi connectivity index (χ1n) is 11.0. The normalized spacial score (nSPS) is 17.6. The molecule has 1 aliphatic heterocycles. The molecule has 0 radical (unpaired) electrons. The Morgan fingerprint density at radius 2 is 1.75 bits per heavy atom. The molecule has 1 atom stereocenters. The van der Waals surface area contributed by atoms with Gasteiger partial charge in [-0.15, -0.1) is 13.2 Å².